The van der Waals surface area contributed by atoms with Crippen LogP contribution in [0.3, 0.4) is 0 Å². The minimum Gasteiger partial charge on any atom is -0.396 e. The molecule has 0 spiro atoms. The Labute approximate surface area is 81.2 Å². The number of hydrogen-bond acceptors (Lipinski definition) is 4. The van der Waals surface area contributed by atoms with Crippen molar-refractivity contribution in [1.29, 1.82) is 0 Å². The summed E-state index contributed by atoms with van der Waals surface area (Å²) in [6.45, 7) is 0.0649. The van der Waals surface area contributed by atoms with E-state index < -0.39 is 0 Å². The molecule has 5 nitrogen and oxygen atoms in total. The predicted molar refractivity (Wildman–Crippen MR) is 54.2 cm³/mol. The summed E-state index contributed by atoms with van der Waals surface area (Å²) in [7, 11) is 1.82. The minimum atomic E-state index is 0.0649. The quantitative estimate of drug-likeness (QED) is 0.663. The Morgan fingerprint density at radius 2 is 2.36 bits per heavy atom. The number of rotatable bonds is 3. The number of nitrogens with one attached hydrogen (secondary N) is 2. The van der Waals surface area contributed by atoms with E-state index in [4.69, 9.17) is 5.11 Å². The van der Waals surface area contributed by atoms with Gasteiger partial charge in [-0.1, -0.05) is 0 Å². The van der Waals surface area contributed by atoms with Crippen molar-refractivity contribution in [3.05, 3.63) is 18.1 Å². The molecule has 0 amide bonds. The molecule has 2 heterocycles. The third kappa shape index (κ3) is 1.42. The van der Waals surface area contributed by atoms with E-state index in [1.807, 2.05) is 19.3 Å². The van der Waals surface area contributed by atoms with E-state index >= 15 is 0 Å². The van der Waals surface area contributed by atoms with Crippen LogP contribution in [-0.2, 0) is 6.42 Å². The van der Waals surface area contributed by atoms with Crippen LogP contribution in [0.5, 0.6) is 0 Å². The van der Waals surface area contributed by atoms with E-state index in [1.54, 1.807) is 0 Å². The summed E-state index contributed by atoms with van der Waals surface area (Å²) in [6, 6.07) is 1.92. The van der Waals surface area contributed by atoms with Gasteiger partial charge in [-0.15, -0.1) is 0 Å². The van der Waals surface area contributed by atoms with Gasteiger partial charge in [-0.3, -0.25) is 0 Å². The topological polar surface area (TPSA) is 73.8 Å². The second-order valence-corrected chi connectivity index (χ2v) is 2.95. The van der Waals surface area contributed by atoms with Crippen LogP contribution in [0.4, 0.5) is 5.82 Å². The van der Waals surface area contributed by atoms with E-state index in [1.165, 1.54) is 0 Å². The molecule has 0 aromatic carbocycles. The van der Waals surface area contributed by atoms with Crippen molar-refractivity contribution in [2.45, 2.75) is 6.42 Å². The summed E-state index contributed by atoms with van der Waals surface area (Å²) in [5, 5.41) is 12.8. The Balaban J connectivity index is 2.55. The lowest BCUT2D eigenvalue weighted by Crippen LogP contribution is -2.02. The molecule has 0 radical (unpaired) electrons. The number of aromatic nitrogens is 3. The molecule has 2 aromatic rings. The van der Waals surface area contributed by atoms with Gasteiger partial charge in [0.15, 0.2) is 0 Å². The van der Waals surface area contributed by atoms with Crippen molar-refractivity contribution < 1.29 is 5.11 Å². The number of anilines is 1. The molecule has 0 atom stereocenters. The molecule has 3 N–H and O–H groups in total. The van der Waals surface area contributed by atoms with Crippen LogP contribution < -0.4 is 5.32 Å². The minimum absolute atomic E-state index is 0.0649. The smallest absolute Gasteiger partial charge is 0.143 e. The number of aromatic amines is 1. The van der Waals surface area contributed by atoms with Crippen molar-refractivity contribution in [1.82, 2.24) is 15.0 Å². The molecular formula is C9H12N4O. The van der Waals surface area contributed by atoms with Crippen molar-refractivity contribution in [3.8, 4) is 0 Å². The molecule has 74 valence electrons. The van der Waals surface area contributed by atoms with Crippen LogP contribution in [0, 0.1) is 0 Å². The van der Waals surface area contributed by atoms with Gasteiger partial charge >= 0.3 is 0 Å². The first-order valence-electron chi connectivity index (χ1n) is 4.47. The van der Waals surface area contributed by atoms with Gasteiger partial charge in [0, 0.05) is 19.7 Å². The van der Waals surface area contributed by atoms with E-state index in [-0.39, 0.29) is 6.61 Å². The molecule has 0 aliphatic rings. The summed E-state index contributed by atoms with van der Waals surface area (Å²) >= 11 is 0. The van der Waals surface area contributed by atoms with E-state index in [0.29, 0.717) is 12.2 Å². The average molecular weight is 192 g/mol. The zero-order valence-corrected chi connectivity index (χ0v) is 7.91. The van der Waals surface area contributed by atoms with Gasteiger partial charge in [-0.25, -0.2) is 9.97 Å². The second-order valence-electron chi connectivity index (χ2n) is 2.95. The number of aliphatic hydroxyl groups excluding tert-OH is 1. The molecule has 2 aromatic heterocycles. The van der Waals surface area contributed by atoms with Gasteiger partial charge in [0.25, 0.3) is 0 Å². The Bertz CT molecular complexity index is 437. The lowest BCUT2D eigenvalue weighted by atomic mass is 10.3. The van der Waals surface area contributed by atoms with Gasteiger partial charge in [-0.05, 0) is 6.07 Å². The molecule has 0 aliphatic carbocycles. The average Bonchev–Trinajstić information content (AvgIpc) is 2.65. The Hall–Kier alpha value is -1.62. The monoisotopic (exact) mass is 192 g/mol. The highest BCUT2D eigenvalue weighted by Crippen LogP contribution is 2.18. The number of H-pyrrole nitrogens is 1. The summed E-state index contributed by atoms with van der Waals surface area (Å²) in [5.41, 5.74) is 0.799. The van der Waals surface area contributed by atoms with Gasteiger partial charge in [-0.2, -0.15) is 0 Å². The van der Waals surface area contributed by atoms with E-state index in [2.05, 4.69) is 20.3 Å². The van der Waals surface area contributed by atoms with Gasteiger partial charge in [0.1, 0.15) is 17.3 Å². The van der Waals surface area contributed by atoms with Crippen LogP contribution in [0.1, 0.15) is 5.82 Å². The van der Waals surface area contributed by atoms with Gasteiger partial charge in [0.2, 0.25) is 0 Å². The molecule has 0 saturated heterocycles. The van der Waals surface area contributed by atoms with Crippen molar-refractivity contribution in [2.24, 2.45) is 0 Å². The highest BCUT2D eigenvalue weighted by molar-refractivity contribution is 5.86. The number of aliphatic hydroxyl groups is 1. The molecule has 0 unspecified atom stereocenters. The van der Waals surface area contributed by atoms with E-state index in [9.17, 15) is 0 Å². The van der Waals surface area contributed by atoms with Gasteiger partial charge < -0.3 is 15.4 Å². The summed E-state index contributed by atoms with van der Waals surface area (Å²) in [6.07, 6.45) is 2.30. The Morgan fingerprint density at radius 3 is 3.07 bits per heavy atom. The number of hydrogen-bond donors (Lipinski definition) is 3. The second kappa shape index (κ2) is 3.63. The fourth-order valence-corrected chi connectivity index (χ4v) is 1.39. The maximum absolute atomic E-state index is 8.80. The normalized spacial score (nSPS) is 10.7. The Kier molecular flexibility index (Phi) is 2.32. The highest BCUT2D eigenvalue weighted by atomic mass is 16.3. The van der Waals surface area contributed by atoms with Gasteiger partial charge in [0.05, 0.1) is 12.0 Å². The van der Waals surface area contributed by atoms with Crippen LogP contribution >= 0.6 is 0 Å². The summed E-state index contributed by atoms with van der Waals surface area (Å²) in [4.78, 5) is 11.6. The SMILES string of the molecule is CNc1nc(CCO)nc2[nH]ccc12. The van der Waals surface area contributed by atoms with Crippen molar-refractivity contribution >= 4 is 16.9 Å². The third-order valence-corrected chi connectivity index (χ3v) is 2.03. The van der Waals surface area contributed by atoms with E-state index in [0.717, 1.165) is 16.9 Å². The van der Waals surface area contributed by atoms with Crippen molar-refractivity contribution in [2.75, 3.05) is 19.0 Å². The molecular weight excluding hydrogens is 180 g/mol. The number of nitrogens with zero attached hydrogens (tertiary/aromatic N) is 2. The molecule has 14 heavy (non-hydrogen) atoms. The van der Waals surface area contributed by atoms with Crippen LogP contribution in [-0.4, -0.2) is 33.7 Å². The fraction of sp³-hybridized carbons (Fsp3) is 0.333. The number of fused-ring (bicyclic) bond motifs is 1. The molecule has 0 fully saturated rings. The maximum Gasteiger partial charge on any atom is 0.143 e. The lowest BCUT2D eigenvalue weighted by molar-refractivity contribution is 0.297. The molecule has 0 saturated carbocycles. The largest absolute Gasteiger partial charge is 0.396 e. The zero-order valence-electron chi connectivity index (χ0n) is 7.91. The highest BCUT2D eigenvalue weighted by Gasteiger charge is 2.06. The van der Waals surface area contributed by atoms with Crippen LogP contribution in [0.15, 0.2) is 12.3 Å². The Morgan fingerprint density at radius 1 is 1.50 bits per heavy atom. The predicted octanol–water partition coefficient (Wildman–Crippen LogP) is 0.534. The molecule has 5 heteroatoms. The molecule has 0 aliphatic heterocycles. The summed E-state index contributed by atoms with van der Waals surface area (Å²) in [5.74, 6) is 1.44. The first kappa shape index (κ1) is 8.96. The fourth-order valence-electron chi connectivity index (χ4n) is 1.39. The van der Waals surface area contributed by atoms with Crippen LogP contribution in [0.25, 0.3) is 11.0 Å². The lowest BCUT2D eigenvalue weighted by Gasteiger charge is -2.03. The molecule has 0 bridgehead atoms. The molecule has 2 rings (SSSR count). The maximum atomic E-state index is 8.80. The zero-order chi connectivity index (χ0) is 9.97. The first-order chi connectivity index (χ1) is 6.85. The third-order valence-electron chi connectivity index (χ3n) is 2.03. The first-order valence-corrected chi connectivity index (χ1v) is 4.47. The van der Waals surface area contributed by atoms with Crippen LogP contribution in [0.2, 0.25) is 0 Å². The summed E-state index contributed by atoms with van der Waals surface area (Å²) < 4.78 is 0. The van der Waals surface area contributed by atoms with Crippen molar-refractivity contribution in [3.63, 3.8) is 0 Å². The standard InChI is InChI=1S/C9H12N4O/c1-10-8-6-2-4-11-9(6)13-7(12-8)3-5-14/h2,4,14H,3,5H2,1H3,(H2,10,11,12,13).